The first kappa shape index (κ1) is 14.5. The number of hydrogen-bond acceptors (Lipinski definition) is 4. The number of hydrogen-bond donors (Lipinski definition) is 0. The zero-order chi connectivity index (χ0) is 15.0. The summed E-state index contributed by atoms with van der Waals surface area (Å²) in [6.45, 7) is 2.59. The topological polar surface area (TPSA) is 63.7 Å². The quantitative estimate of drug-likeness (QED) is 0.777. The zero-order valence-electron chi connectivity index (χ0n) is 12.0. The van der Waals surface area contributed by atoms with Crippen LogP contribution in [0, 0.1) is 12.8 Å². The van der Waals surface area contributed by atoms with Crippen LogP contribution < -0.4 is 0 Å². The fourth-order valence-corrected chi connectivity index (χ4v) is 3.60. The molecule has 1 aromatic carbocycles. The molecule has 0 bridgehead atoms. The van der Waals surface area contributed by atoms with Crippen molar-refractivity contribution in [2.24, 2.45) is 5.92 Å². The minimum Gasteiger partial charge on any atom is -0.339 e. The minimum absolute atomic E-state index is 0.0293. The molecule has 2 fully saturated rings. The van der Waals surface area contributed by atoms with E-state index in [-0.39, 0.29) is 23.3 Å². The van der Waals surface area contributed by atoms with Gasteiger partial charge < -0.3 is 4.90 Å². The first-order chi connectivity index (χ1) is 9.95. The summed E-state index contributed by atoms with van der Waals surface area (Å²) in [6, 6.07) is 6.95. The van der Waals surface area contributed by atoms with Gasteiger partial charge in [-0.2, -0.15) is 8.42 Å². The SMILES string of the molecule is Cc1ccc(S(=O)(=O)OCC2CC(=O)N(C3CC3)C2)cc1. The number of benzene rings is 1. The molecule has 5 nitrogen and oxygen atoms in total. The lowest BCUT2D eigenvalue weighted by Gasteiger charge is -2.15. The molecule has 1 saturated carbocycles. The van der Waals surface area contributed by atoms with Crippen LogP contribution in [0.3, 0.4) is 0 Å². The fourth-order valence-electron chi connectivity index (χ4n) is 2.62. The molecule has 114 valence electrons. The molecule has 1 aliphatic carbocycles. The summed E-state index contributed by atoms with van der Waals surface area (Å²) in [5.41, 5.74) is 0.996. The molecule has 0 N–H and O–H groups in total. The lowest BCUT2D eigenvalue weighted by molar-refractivity contribution is -0.128. The molecule has 2 aliphatic rings. The van der Waals surface area contributed by atoms with Crippen LogP contribution in [0.25, 0.3) is 0 Å². The lowest BCUT2D eigenvalue weighted by atomic mass is 10.1. The summed E-state index contributed by atoms with van der Waals surface area (Å²) in [7, 11) is -3.73. The van der Waals surface area contributed by atoms with Gasteiger partial charge in [0, 0.05) is 24.9 Å². The van der Waals surface area contributed by atoms with Gasteiger partial charge >= 0.3 is 0 Å². The first-order valence-corrected chi connectivity index (χ1v) is 8.62. The van der Waals surface area contributed by atoms with Gasteiger partial charge in [0.05, 0.1) is 11.5 Å². The number of likely N-dealkylation sites (tertiary alicyclic amines) is 1. The maximum absolute atomic E-state index is 12.1. The maximum Gasteiger partial charge on any atom is 0.296 e. The highest BCUT2D eigenvalue weighted by molar-refractivity contribution is 7.86. The van der Waals surface area contributed by atoms with Crippen LogP contribution in [0.4, 0.5) is 0 Å². The van der Waals surface area contributed by atoms with Crippen molar-refractivity contribution in [1.29, 1.82) is 0 Å². The van der Waals surface area contributed by atoms with Gasteiger partial charge in [-0.15, -0.1) is 0 Å². The number of aryl methyl sites for hydroxylation is 1. The highest BCUT2D eigenvalue weighted by atomic mass is 32.2. The third-order valence-electron chi connectivity index (χ3n) is 3.99. The Morgan fingerprint density at radius 3 is 2.52 bits per heavy atom. The standard InChI is InChI=1S/C15H19NO4S/c1-11-2-6-14(7-3-11)21(18,19)20-10-12-8-15(17)16(9-12)13-4-5-13/h2-3,6-7,12-13H,4-5,8-10H2,1H3. The number of rotatable bonds is 5. The van der Waals surface area contributed by atoms with Crippen LogP contribution in [-0.4, -0.2) is 38.4 Å². The van der Waals surface area contributed by atoms with Crippen molar-refractivity contribution in [3.8, 4) is 0 Å². The smallest absolute Gasteiger partial charge is 0.296 e. The fraction of sp³-hybridized carbons (Fsp3) is 0.533. The molecule has 1 atom stereocenters. The van der Waals surface area contributed by atoms with Gasteiger partial charge in [-0.05, 0) is 31.9 Å². The van der Waals surface area contributed by atoms with Crippen molar-refractivity contribution in [2.45, 2.75) is 37.1 Å². The molecule has 6 heteroatoms. The Balaban J connectivity index is 1.59. The van der Waals surface area contributed by atoms with Crippen molar-refractivity contribution in [3.05, 3.63) is 29.8 Å². The van der Waals surface area contributed by atoms with E-state index in [1.807, 2.05) is 11.8 Å². The Hall–Kier alpha value is -1.40. The van der Waals surface area contributed by atoms with Crippen LogP contribution in [0.2, 0.25) is 0 Å². The normalized spacial score (nSPS) is 22.8. The number of carbonyl (C=O) groups is 1. The minimum atomic E-state index is -3.73. The van der Waals surface area contributed by atoms with Gasteiger partial charge in [-0.1, -0.05) is 17.7 Å². The van der Waals surface area contributed by atoms with E-state index in [1.165, 1.54) is 0 Å². The van der Waals surface area contributed by atoms with Gasteiger partial charge in [0.25, 0.3) is 10.1 Å². The number of nitrogens with zero attached hydrogens (tertiary/aromatic N) is 1. The van der Waals surface area contributed by atoms with Crippen molar-refractivity contribution in [1.82, 2.24) is 4.90 Å². The van der Waals surface area contributed by atoms with Crippen LogP contribution in [0.1, 0.15) is 24.8 Å². The molecule has 0 aromatic heterocycles. The molecule has 0 spiro atoms. The van der Waals surface area contributed by atoms with E-state index in [9.17, 15) is 13.2 Å². The predicted molar refractivity (Wildman–Crippen MR) is 77.2 cm³/mol. The largest absolute Gasteiger partial charge is 0.339 e. The summed E-state index contributed by atoms with van der Waals surface area (Å²) < 4.78 is 29.3. The molecule has 3 rings (SSSR count). The molecule has 21 heavy (non-hydrogen) atoms. The van der Waals surface area contributed by atoms with E-state index in [0.29, 0.717) is 19.0 Å². The second-order valence-electron chi connectivity index (χ2n) is 5.90. The highest BCUT2D eigenvalue weighted by Gasteiger charge is 2.39. The van der Waals surface area contributed by atoms with E-state index < -0.39 is 10.1 Å². The van der Waals surface area contributed by atoms with Crippen molar-refractivity contribution in [2.75, 3.05) is 13.2 Å². The monoisotopic (exact) mass is 309 g/mol. The number of carbonyl (C=O) groups excluding carboxylic acids is 1. The molecule has 1 unspecified atom stereocenters. The van der Waals surface area contributed by atoms with Gasteiger partial charge in [0.15, 0.2) is 0 Å². The molecular weight excluding hydrogens is 290 g/mol. The van der Waals surface area contributed by atoms with Gasteiger partial charge in [-0.25, -0.2) is 0 Å². The molecule has 1 aromatic rings. The van der Waals surface area contributed by atoms with Crippen molar-refractivity contribution < 1.29 is 17.4 Å². The van der Waals surface area contributed by atoms with Gasteiger partial charge in [0.1, 0.15) is 0 Å². The summed E-state index contributed by atoms with van der Waals surface area (Å²) in [4.78, 5) is 13.9. The molecule has 1 amide bonds. The Morgan fingerprint density at radius 1 is 1.24 bits per heavy atom. The van der Waals surface area contributed by atoms with Crippen molar-refractivity contribution >= 4 is 16.0 Å². The summed E-state index contributed by atoms with van der Waals surface area (Å²) in [5, 5.41) is 0. The van der Waals surface area contributed by atoms with Crippen molar-refractivity contribution in [3.63, 3.8) is 0 Å². The summed E-state index contributed by atoms with van der Waals surface area (Å²) in [6.07, 6.45) is 2.53. The molecule has 1 saturated heterocycles. The van der Waals surface area contributed by atoms with Crippen LogP contribution >= 0.6 is 0 Å². The maximum atomic E-state index is 12.1. The van der Waals surface area contributed by atoms with Crippen LogP contribution in [0.5, 0.6) is 0 Å². The number of amides is 1. The molecule has 1 heterocycles. The van der Waals surface area contributed by atoms with E-state index in [2.05, 4.69) is 0 Å². The lowest BCUT2D eigenvalue weighted by Crippen LogP contribution is -2.27. The van der Waals surface area contributed by atoms with E-state index in [1.54, 1.807) is 24.3 Å². The third-order valence-corrected chi connectivity index (χ3v) is 5.29. The first-order valence-electron chi connectivity index (χ1n) is 7.21. The molecule has 0 radical (unpaired) electrons. The Morgan fingerprint density at radius 2 is 1.90 bits per heavy atom. The van der Waals surface area contributed by atoms with E-state index in [0.717, 1.165) is 18.4 Å². The average molecular weight is 309 g/mol. The third kappa shape index (κ3) is 3.27. The van der Waals surface area contributed by atoms with Crippen LogP contribution in [-0.2, 0) is 19.1 Å². The van der Waals surface area contributed by atoms with E-state index >= 15 is 0 Å². The van der Waals surface area contributed by atoms with E-state index in [4.69, 9.17) is 4.18 Å². The summed E-state index contributed by atoms with van der Waals surface area (Å²) in [5.74, 6) is 0.0946. The molecular formula is C15H19NO4S. The second-order valence-corrected chi connectivity index (χ2v) is 7.51. The zero-order valence-corrected chi connectivity index (χ0v) is 12.8. The highest BCUT2D eigenvalue weighted by Crippen LogP contribution is 2.32. The molecule has 1 aliphatic heterocycles. The van der Waals surface area contributed by atoms with Gasteiger partial charge in [0.2, 0.25) is 5.91 Å². The summed E-state index contributed by atoms with van der Waals surface area (Å²) >= 11 is 0. The predicted octanol–water partition coefficient (Wildman–Crippen LogP) is 1.71. The van der Waals surface area contributed by atoms with Gasteiger partial charge in [-0.3, -0.25) is 8.98 Å². The van der Waals surface area contributed by atoms with Crippen LogP contribution in [0.15, 0.2) is 29.2 Å². The Kier molecular flexibility index (Phi) is 3.75. The Bertz CT molecular complexity index is 634. The second kappa shape index (κ2) is 5.42. The average Bonchev–Trinajstić information content (AvgIpc) is 3.21. The Labute approximate surface area is 125 Å².